The van der Waals surface area contributed by atoms with Gasteiger partial charge in [0.15, 0.2) is 0 Å². The lowest BCUT2D eigenvalue weighted by atomic mass is 10.3. The van der Waals surface area contributed by atoms with Gasteiger partial charge in [0.25, 0.3) is 0 Å². The van der Waals surface area contributed by atoms with Crippen molar-refractivity contribution in [3.05, 3.63) is 30.6 Å². The number of hydrogen-bond acceptors (Lipinski definition) is 4. The van der Waals surface area contributed by atoms with Gasteiger partial charge in [0.2, 0.25) is 0 Å². The third-order valence-corrected chi connectivity index (χ3v) is 1.60. The first-order valence-corrected chi connectivity index (χ1v) is 3.68. The van der Waals surface area contributed by atoms with Gasteiger partial charge < -0.3 is 4.74 Å². The van der Waals surface area contributed by atoms with Crippen LogP contribution in [0.25, 0.3) is 5.69 Å². The van der Waals surface area contributed by atoms with E-state index in [2.05, 4.69) is 21.6 Å². The van der Waals surface area contributed by atoms with Gasteiger partial charge in [-0.1, -0.05) is 0 Å². The number of ether oxygens (including phenoxy) is 1. The maximum Gasteiger partial charge on any atom is 0.143 e. The van der Waals surface area contributed by atoms with Gasteiger partial charge in [0, 0.05) is 6.07 Å². The second kappa shape index (κ2) is 3.22. The maximum absolute atomic E-state index is 5.04. The second-order valence-electron chi connectivity index (χ2n) is 2.39. The summed E-state index contributed by atoms with van der Waals surface area (Å²) >= 11 is 0. The van der Waals surface area contributed by atoms with Gasteiger partial charge in [-0.05, 0) is 28.6 Å². The van der Waals surface area contributed by atoms with Crippen LogP contribution in [0, 0.1) is 6.07 Å². The van der Waals surface area contributed by atoms with Gasteiger partial charge in [-0.3, -0.25) is 0 Å². The highest BCUT2D eigenvalue weighted by Gasteiger charge is 1.98. The summed E-state index contributed by atoms with van der Waals surface area (Å²) in [5.74, 6) is 0.730. The summed E-state index contributed by atoms with van der Waals surface area (Å²) in [5.41, 5.74) is 0.823. The predicted octanol–water partition coefficient (Wildman–Crippen LogP) is 0.471. The highest BCUT2D eigenvalue weighted by Crippen LogP contribution is 2.13. The van der Waals surface area contributed by atoms with E-state index in [0.29, 0.717) is 0 Å². The SMILES string of the molecule is COc1c[c]cc(-n2cnnn2)c1. The molecule has 0 unspecified atom stereocenters. The molecule has 0 aliphatic carbocycles. The van der Waals surface area contributed by atoms with Crippen LogP contribution < -0.4 is 4.74 Å². The summed E-state index contributed by atoms with van der Waals surface area (Å²) < 4.78 is 6.58. The normalized spacial score (nSPS) is 9.92. The van der Waals surface area contributed by atoms with Crippen molar-refractivity contribution in [2.24, 2.45) is 0 Å². The number of benzene rings is 1. The van der Waals surface area contributed by atoms with Crippen LogP contribution in [0.15, 0.2) is 24.5 Å². The van der Waals surface area contributed by atoms with Crippen LogP contribution in [0.3, 0.4) is 0 Å². The van der Waals surface area contributed by atoms with E-state index in [1.54, 1.807) is 23.9 Å². The van der Waals surface area contributed by atoms with E-state index in [-0.39, 0.29) is 0 Å². The molecule has 1 heterocycles. The first-order chi connectivity index (χ1) is 6.40. The Morgan fingerprint density at radius 1 is 1.46 bits per heavy atom. The Hall–Kier alpha value is -1.91. The fourth-order valence-corrected chi connectivity index (χ4v) is 0.968. The smallest absolute Gasteiger partial charge is 0.143 e. The first kappa shape index (κ1) is 7.72. The Balaban J connectivity index is 2.41. The Kier molecular flexibility index (Phi) is 1.91. The molecule has 13 heavy (non-hydrogen) atoms. The molecule has 1 aromatic heterocycles. The van der Waals surface area contributed by atoms with E-state index in [1.165, 1.54) is 6.33 Å². The van der Waals surface area contributed by atoms with E-state index in [4.69, 9.17) is 4.74 Å². The lowest BCUT2D eigenvalue weighted by Crippen LogP contribution is -1.95. The lowest BCUT2D eigenvalue weighted by molar-refractivity contribution is 0.414. The summed E-state index contributed by atoms with van der Waals surface area (Å²) in [6, 6.07) is 8.27. The molecule has 0 spiro atoms. The van der Waals surface area contributed by atoms with E-state index < -0.39 is 0 Å². The van der Waals surface area contributed by atoms with Crippen LogP contribution in [-0.2, 0) is 0 Å². The lowest BCUT2D eigenvalue weighted by Gasteiger charge is -2.01. The summed E-state index contributed by atoms with van der Waals surface area (Å²) in [4.78, 5) is 0. The summed E-state index contributed by atoms with van der Waals surface area (Å²) in [6.07, 6.45) is 1.52. The van der Waals surface area contributed by atoms with Crippen LogP contribution in [0.1, 0.15) is 0 Å². The topological polar surface area (TPSA) is 52.8 Å². The number of hydrogen-bond donors (Lipinski definition) is 0. The minimum Gasteiger partial charge on any atom is -0.497 e. The molecule has 0 aliphatic heterocycles. The van der Waals surface area contributed by atoms with Gasteiger partial charge >= 0.3 is 0 Å². The molecule has 2 aromatic rings. The molecule has 65 valence electrons. The van der Waals surface area contributed by atoms with E-state index in [9.17, 15) is 0 Å². The number of nitrogens with zero attached hydrogens (tertiary/aromatic N) is 4. The Morgan fingerprint density at radius 3 is 3.08 bits per heavy atom. The molecule has 1 aromatic carbocycles. The molecule has 0 saturated carbocycles. The predicted molar refractivity (Wildman–Crippen MR) is 44.5 cm³/mol. The Labute approximate surface area is 75.0 Å². The van der Waals surface area contributed by atoms with Crippen molar-refractivity contribution in [3.8, 4) is 11.4 Å². The van der Waals surface area contributed by atoms with Crippen LogP contribution in [0.5, 0.6) is 5.75 Å². The monoisotopic (exact) mass is 175 g/mol. The second-order valence-corrected chi connectivity index (χ2v) is 2.39. The van der Waals surface area contributed by atoms with Crippen LogP contribution in [-0.4, -0.2) is 27.3 Å². The van der Waals surface area contributed by atoms with Gasteiger partial charge in [-0.2, -0.15) is 0 Å². The molecular formula is C8H7N4O. The average Bonchev–Trinajstić information content (AvgIpc) is 2.71. The van der Waals surface area contributed by atoms with Crippen molar-refractivity contribution in [1.82, 2.24) is 20.2 Å². The molecule has 0 atom stereocenters. The molecule has 5 heteroatoms. The standard InChI is InChI=1S/C8H7N4O/c1-13-8-4-2-3-7(5-8)12-6-9-10-11-12/h3-6H,1H3. The van der Waals surface area contributed by atoms with Crippen molar-refractivity contribution >= 4 is 0 Å². The van der Waals surface area contributed by atoms with E-state index in [0.717, 1.165) is 11.4 Å². The number of tetrazole rings is 1. The van der Waals surface area contributed by atoms with Crippen molar-refractivity contribution in [3.63, 3.8) is 0 Å². The number of methoxy groups -OCH3 is 1. The minimum atomic E-state index is 0.730. The van der Waals surface area contributed by atoms with Gasteiger partial charge in [-0.25, -0.2) is 4.68 Å². The van der Waals surface area contributed by atoms with Crippen molar-refractivity contribution in [2.75, 3.05) is 7.11 Å². The van der Waals surface area contributed by atoms with Crippen molar-refractivity contribution in [2.45, 2.75) is 0 Å². The van der Waals surface area contributed by atoms with Crippen LogP contribution in [0.4, 0.5) is 0 Å². The fourth-order valence-electron chi connectivity index (χ4n) is 0.968. The molecule has 1 radical (unpaired) electrons. The largest absolute Gasteiger partial charge is 0.497 e. The van der Waals surface area contributed by atoms with Crippen molar-refractivity contribution < 1.29 is 4.74 Å². The zero-order valence-electron chi connectivity index (χ0n) is 7.01. The van der Waals surface area contributed by atoms with Crippen molar-refractivity contribution in [1.29, 1.82) is 0 Å². The van der Waals surface area contributed by atoms with Crippen LogP contribution in [0.2, 0.25) is 0 Å². The zero-order valence-corrected chi connectivity index (χ0v) is 7.01. The third kappa shape index (κ3) is 1.48. The van der Waals surface area contributed by atoms with E-state index in [1.807, 2.05) is 6.07 Å². The number of rotatable bonds is 2. The highest BCUT2D eigenvalue weighted by molar-refractivity contribution is 5.37. The van der Waals surface area contributed by atoms with E-state index >= 15 is 0 Å². The molecule has 2 rings (SSSR count). The van der Waals surface area contributed by atoms with Gasteiger partial charge in [0.1, 0.15) is 12.1 Å². The average molecular weight is 175 g/mol. The molecule has 0 amide bonds. The summed E-state index contributed by atoms with van der Waals surface area (Å²) in [5, 5.41) is 10.8. The Bertz CT molecular complexity index is 385. The quantitative estimate of drug-likeness (QED) is 0.665. The Morgan fingerprint density at radius 2 is 2.38 bits per heavy atom. The molecular weight excluding hydrogens is 168 g/mol. The third-order valence-electron chi connectivity index (χ3n) is 1.60. The molecule has 0 bridgehead atoms. The van der Waals surface area contributed by atoms with Gasteiger partial charge in [-0.15, -0.1) is 5.10 Å². The van der Waals surface area contributed by atoms with Gasteiger partial charge in [0.05, 0.1) is 12.8 Å². The molecule has 5 nitrogen and oxygen atoms in total. The molecule has 0 N–H and O–H groups in total. The molecule has 0 fully saturated rings. The first-order valence-electron chi connectivity index (χ1n) is 3.68. The van der Waals surface area contributed by atoms with Crippen LogP contribution >= 0.6 is 0 Å². The maximum atomic E-state index is 5.04. The number of aromatic nitrogens is 4. The molecule has 0 saturated heterocycles. The minimum absolute atomic E-state index is 0.730. The summed E-state index contributed by atoms with van der Waals surface area (Å²) in [6.45, 7) is 0. The fraction of sp³-hybridized carbons (Fsp3) is 0.125. The zero-order chi connectivity index (χ0) is 9.10. The molecule has 0 aliphatic rings. The summed E-state index contributed by atoms with van der Waals surface area (Å²) in [7, 11) is 1.60. The highest BCUT2D eigenvalue weighted by atomic mass is 16.5.